The zero-order valence-corrected chi connectivity index (χ0v) is 18.2. The molecule has 1 fully saturated rings. The SMILES string of the molecule is COC(=O)C(=O)c1ccc(C(C)CC(C)(C)NC(=O)CN2CCN(C)CC2)cc1. The van der Waals surface area contributed by atoms with E-state index in [0.29, 0.717) is 12.1 Å². The van der Waals surface area contributed by atoms with E-state index in [4.69, 9.17) is 0 Å². The normalized spacial score (nSPS) is 16.9. The van der Waals surface area contributed by atoms with Crippen LogP contribution in [0.2, 0.25) is 0 Å². The molecular weight excluding hydrogens is 370 g/mol. The smallest absolute Gasteiger partial charge is 0.379 e. The van der Waals surface area contributed by atoms with Crippen molar-refractivity contribution in [1.82, 2.24) is 15.1 Å². The van der Waals surface area contributed by atoms with Crippen LogP contribution < -0.4 is 5.32 Å². The van der Waals surface area contributed by atoms with E-state index in [2.05, 4.69) is 33.8 Å². The summed E-state index contributed by atoms with van der Waals surface area (Å²) in [5, 5.41) is 3.16. The van der Waals surface area contributed by atoms with Crippen LogP contribution >= 0.6 is 0 Å². The topological polar surface area (TPSA) is 78.9 Å². The molecule has 1 aliphatic heterocycles. The number of ether oxygens (including phenoxy) is 1. The molecule has 1 heterocycles. The number of esters is 1. The first kappa shape index (κ1) is 23.0. The highest BCUT2D eigenvalue weighted by Crippen LogP contribution is 2.26. The van der Waals surface area contributed by atoms with E-state index in [1.165, 1.54) is 7.11 Å². The van der Waals surface area contributed by atoms with Gasteiger partial charge in [-0.15, -0.1) is 0 Å². The third-order valence-corrected chi connectivity index (χ3v) is 5.37. The van der Waals surface area contributed by atoms with Crippen molar-refractivity contribution in [2.24, 2.45) is 0 Å². The van der Waals surface area contributed by atoms with Crippen molar-refractivity contribution in [3.8, 4) is 0 Å². The number of hydrogen-bond acceptors (Lipinski definition) is 6. The summed E-state index contributed by atoms with van der Waals surface area (Å²) < 4.78 is 4.47. The summed E-state index contributed by atoms with van der Waals surface area (Å²) in [6.45, 7) is 10.4. The summed E-state index contributed by atoms with van der Waals surface area (Å²) in [4.78, 5) is 40.2. The summed E-state index contributed by atoms with van der Waals surface area (Å²) in [6, 6.07) is 6.99. The number of nitrogens with zero attached hydrogens (tertiary/aromatic N) is 2. The van der Waals surface area contributed by atoms with Crippen molar-refractivity contribution in [2.45, 2.75) is 38.6 Å². The van der Waals surface area contributed by atoms with Crippen LogP contribution in [0.3, 0.4) is 0 Å². The van der Waals surface area contributed by atoms with Crippen molar-refractivity contribution in [3.05, 3.63) is 35.4 Å². The summed E-state index contributed by atoms with van der Waals surface area (Å²) in [7, 11) is 3.29. The minimum absolute atomic E-state index is 0.0470. The van der Waals surface area contributed by atoms with Crippen LogP contribution in [0.15, 0.2) is 24.3 Å². The van der Waals surface area contributed by atoms with Crippen molar-refractivity contribution < 1.29 is 19.1 Å². The number of amides is 1. The van der Waals surface area contributed by atoms with Gasteiger partial charge in [0.25, 0.3) is 5.78 Å². The Kier molecular flexibility index (Phi) is 7.93. The van der Waals surface area contributed by atoms with Gasteiger partial charge >= 0.3 is 5.97 Å². The number of methoxy groups -OCH3 is 1. The number of Topliss-reactive ketones (excluding diaryl/α,β-unsaturated/α-hetero) is 1. The van der Waals surface area contributed by atoms with Crippen molar-refractivity contribution in [2.75, 3.05) is 46.9 Å². The largest absolute Gasteiger partial charge is 0.463 e. The Hall–Kier alpha value is -2.25. The highest BCUT2D eigenvalue weighted by molar-refractivity contribution is 6.40. The van der Waals surface area contributed by atoms with Crippen molar-refractivity contribution >= 4 is 17.7 Å². The average molecular weight is 404 g/mol. The molecule has 1 aromatic rings. The fourth-order valence-electron chi connectivity index (χ4n) is 3.73. The molecule has 1 unspecified atom stereocenters. The molecule has 2 rings (SSSR count). The number of likely N-dealkylation sites (N-methyl/N-ethyl adjacent to an activating group) is 1. The first-order valence-electron chi connectivity index (χ1n) is 10.1. The highest BCUT2D eigenvalue weighted by Gasteiger charge is 2.26. The summed E-state index contributed by atoms with van der Waals surface area (Å²) >= 11 is 0. The van der Waals surface area contributed by atoms with Gasteiger partial charge in [-0.25, -0.2) is 4.79 Å². The van der Waals surface area contributed by atoms with Crippen molar-refractivity contribution in [3.63, 3.8) is 0 Å². The molecule has 0 spiro atoms. The average Bonchev–Trinajstić information content (AvgIpc) is 2.67. The second-order valence-electron chi connectivity index (χ2n) is 8.56. The van der Waals surface area contributed by atoms with E-state index in [1.807, 2.05) is 26.0 Å². The zero-order valence-electron chi connectivity index (χ0n) is 18.2. The predicted molar refractivity (Wildman–Crippen MR) is 112 cm³/mol. The van der Waals surface area contributed by atoms with Gasteiger partial charge in [0, 0.05) is 37.3 Å². The summed E-state index contributed by atoms with van der Waals surface area (Å²) in [5.41, 5.74) is 1.00. The first-order chi connectivity index (χ1) is 13.6. The lowest BCUT2D eigenvalue weighted by molar-refractivity contribution is -0.135. The number of hydrogen-bond donors (Lipinski definition) is 1. The molecule has 160 valence electrons. The monoisotopic (exact) mass is 403 g/mol. The standard InChI is InChI=1S/C22H33N3O4/c1-16(17-6-8-18(9-7-17)20(27)21(28)29-5)14-22(2,3)23-19(26)15-25-12-10-24(4)11-13-25/h6-9,16H,10-15H2,1-5H3,(H,23,26). The number of carbonyl (C=O) groups excluding carboxylic acids is 3. The minimum atomic E-state index is -0.866. The first-order valence-corrected chi connectivity index (χ1v) is 10.1. The molecule has 1 atom stereocenters. The molecule has 0 saturated carbocycles. The van der Waals surface area contributed by atoms with Crippen LogP contribution in [-0.4, -0.2) is 79.9 Å². The zero-order chi connectivity index (χ0) is 21.6. The lowest BCUT2D eigenvalue weighted by Crippen LogP contribution is -2.52. The molecule has 0 bridgehead atoms. The second-order valence-corrected chi connectivity index (χ2v) is 8.56. The molecule has 1 N–H and O–H groups in total. The van der Waals surface area contributed by atoms with E-state index in [9.17, 15) is 14.4 Å². The minimum Gasteiger partial charge on any atom is -0.463 e. The van der Waals surface area contributed by atoms with Gasteiger partial charge in [0.15, 0.2) is 0 Å². The number of benzene rings is 1. The maximum atomic E-state index is 12.5. The van der Waals surface area contributed by atoms with Gasteiger partial charge in [0.05, 0.1) is 13.7 Å². The fourth-order valence-corrected chi connectivity index (χ4v) is 3.73. The Morgan fingerprint density at radius 3 is 2.24 bits per heavy atom. The Bertz CT molecular complexity index is 722. The number of carbonyl (C=O) groups is 3. The van der Waals surface area contributed by atoms with Crippen LogP contribution in [0.1, 0.15) is 49.0 Å². The number of nitrogens with one attached hydrogen (secondary N) is 1. The molecule has 0 aromatic heterocycles. The molecule has 0 aliphatic carbocycles. The molecule has 29 heavy (non-hydrogen) atoms. The lowest BCUT2D eigenvalue weighted by atomic mass is 9.86. The summed E-state index contributed by atoms with van der Waals surface area (Å²) in [6.07, 6.45) is 0.756. The number of piperazine rings is 1. The molecule has 1 amide bonds. The van der Waals surface area contributed by atoms with E-state index >= 15 is 0 Å². The summed E-state index contributed by atoms with van der Waals surface area (Å²) in [5.74, 6) is -1.29. The second kappa shape index (κ2) is 9.98. The molecule has 1 saturated heterocycles. The van der Waals surface area contributed by atoms with E-state index < -0.39 is 11.8 Å². The van der Waals surface area contributed by atoms with Gasteiger partial charge in [-0.05, 0) is 38.8 Å². The molecular formula is C22H33N3O4. The predicted octanol–water partition coefficient (Wildman–Crippen LogP) is 1.68. The van der Waals surface area contributed by atoms with Crippen LogP contribution in [0.5, 0.6) is 0 Å². The van der Waals surface area contributed by atoms with E-state index in [1.54, 1.807) is 12.1 Å². The highest BCUT2D eigenvalue weighted by atomic mass is 16.5. The van der Waals surface area contributed by atoms with Gasteiger partial charge in [0.2, 0.25) is 5.91 Å². The Balaban J connectivity index is 1.89. The Labute approximate surface area is 173 Å². The third-order valence-electron chi connectivity index (χ3n) is 5.37. The molecule has 1 aliphatic rings. The van der Waals surface area contributed by atoms with Crippen LogP contribution in [0.4, 0.5) is 0 Å². The number of rotatable bonds is 8. The van der Waals surface area contributed by atoms with Gasteiger partial charge in [-0.1, -0.05) is 31.2 Å². The van der Waals surface area contributed by atoms with Gasteiger partial charge < -0.3 is 15.0 Å². The molecule has 1 aromatic carbocycles. The lowest BCUT2D eigenvalue weighted by Gasteiger charge is -2.34. The Morgan fingerprint density at radius 1 is 1.10 bits per heavy atom. The maximum Gasteiger partial charge on any atom is 0.379 e. The van der Waals surface area contributed by atoms with Crippen LogP contribution in [-0.2, 0) is 14.3 Å². The third kappa shape index (κ3) is 6.94. The van der Waals surface area contributed by atoms with Gasteiger partial charge in [0.1, 0.15) is 0 Å². The van der Waals surface area contributed by atoms with Crippen LogP contribution in [0, 0.1) is 0 Å². The van der Waals surface area contributed by atoms with Crippen molar-refractivity contribution in [1.29, 1.82) is 0 Å². The van der Waals surface area contributed by atoms with E-state index in [0.717, 1.165) is 38.2 Å². The fraction of sp³-hybridized carbons (Fsp3) is 0.591. The molecule has 0 radical (unpaired) electrons. The van der Waals surface area contributed by atoms with E-state index in [-0.39, 0.29) is 17.4 Å². The van der Waals surface area contributed by atoms with Gasteiger partial charge in [-0.2, -0.15) is 0 Å². The molecule has 7 heteroatoms. The molecule has 7 nitrogen and oxygen atoms in total. The Morgan fingerprint density at radius 2 is 1.69 bits per heavy atom. The maximum absolute atomic E-state index is 12.5. The quantitative estimate of drug-likeness (QED) is 0.404. The van der Waals surface area contributed by atoms with Gasteiger partial charge in [-0.3, -0.25) is 14.5 Å². The number of ketones is 1. The van der Waals surface area contributed by atoms with Crippen LogP contribution in [0.25, 0.3) is 0 Å².